The second kappa shape index (κ2) is 5.20. The first-order valence-electron chi connectivity index (χ1n) is 5.58. The normalized spacial score (nSPS) is 9.39. The maximum Gasteiger partial charge on any atom is 0.239 e. The molecule has 0 aliphatic carbocycles. The third-order valence-electron chi connectivity index (χ3n) is 2.58. The van der Waals surface area contributed by atoms with Gasteiger partial charge in [-0.3, -0.25) is 4.79 Å². The van der Waals surface area contributed by atoms with Crippen molar-refractivity contribution in [2.75, 3.05) is 0 Å². The number of Topliss-reactive ketones (excluding diaryl/α,β-unsaturated/α-hetero) is 1. The number of carbonyl (C=O) groups excluding carboxylic acids is 1. The van der Waals surface area contributed by atoms with Gasteiger partial charge in [0.05, 0.1) is 5.56 Å². The number of aryl methyl sites for hydroxylation is 1. The predicted octanol–water partition coefficient (Wildman–Crippen LogP) is 2.94. The highest BCUT2D eigenvalue weighted by Gasteiger charge is 2.09. The lowest BCUT2D eigenvalue weighted by atomic mass is 10.1. The molecular formula is C16H12O2. The van der Waals surface area contributed by atoms with Crippen LogP contribution >= 0.6 is 0 Å². The van der Waals surface area contributed by atoms with Crippen LogP contribution in [0.2, 0.25) is 0 Å². The van der Waals surface area contributed by atoms with Gasteiger partial charge in [0.15, 0.2) is 0 Å². The Hall–Kier alpha value is -2.53. The zero-order valence-corrected chi connectivity index (χ0v) is 9.97. The van der Waals surface area contributed by atoms with Crippen LogP contribution in [0, 0.1) is 18.8 Å². The molecule has 2 aromatic carbocycles. The van der Waals surface area contributed by atoms with Crippen molar-refractivity contribution >= 4 is 5.78 Å². The second-order valence-corrected chi connectivity index (χ2v) is 3.92. The van der Waals surface area contributed by atoms with Crippen molar-refractivity contribution in [3.05, 3.63) is 65.2 Å². The summed E-state index contributed by atoms with van der Waals surface area (Å²) in [4.78, 5) is 11.9. The number of phenols is 1. The fraction of sp³-hybridized carbons (Fsp3) is 0.0625. The minimum atomic E-state index is -0.375. The number of carbonyl (C=O) groups is 1. The van der Waals surface area contributed by atoms with E-state index in [1.165, 1.54) is 0 Å². The van der Waals surface area contributed by atoms with Crippen LogP contribution < -0.4 is 0 Å². The quantitative estimate of drug-likeness (QED) is 0.610. The van der Waals surface area contributed by atoms with Crippen LogP contribution in [0.3, 0.4) is 0 Å². The van der Waals surface area contributed by atoms with Crippen LogP contribution in [-0.4, -0.2) is 10.9 Å². The van der Waals surface area contributed by atoms with Crippen molar-refractivity contribution < 1.29 is 9.90 Å². The molecule has 1 N–H and O–H groups in total. The Morgan fingerprint density at radius 3 is 2.50 bits per heavy atom. The molecule has 88 valence electrons. The van der Waals surface area contributed by atoms with E-state index in [0.29, 0.717) is 5.56 Å². The highest BCUT2D eigenvalue weighted by Crippen LogP contribution is 2.21. The summed E-state index contributed by atoms with van der Waals surface area (Å²) in [7, 11) is 0. The number of aromatic hydroxyl groups is 1. The van der Waals surface area contributed by atoms with E-state index in [2.05, 4.69) is 11.8 Å². The predicted molar refractivity (Wildman–Crippen MR) is 70.5 cm³/mol. The Balaban J connectivity index is 2.29. The van der Waals surface area contributed by atoms with E-state index in [0.717, 1.165) is 5.56 Å². The molecule has 0 saturated carbocycles. The Labute approximate surface area is 106 Å². The van der Waals surface area contributed by atoms with Gasteiger partial charge in [0.1, 0.15) is 5.75 Å². The van der Waals surface area contributed by atoms with Crippen molar-refractivity contribution in [2.24, 2.45) is 0 Å². The molecule has 0 fully saturated rings. The number of phenolic OH excluding ortho intramolecular Hbond substituents is 1. The van der Waals surface area contributed by atoms with E-state index in [-0.39, 0.29) is 17.1 Å². The molecule has 0 aliphatic rings. The van der Waals surface area contributed by atoms with Gasteiger partial charge in [-0.1, -0.05) is 36.3 Å². The molecule has 0 bridgehead atoms. The van der Waals surface area contributed by atoms with E-state index in [1.807, 2.05) is 30.3 Å². The Bertz CT molecular complexity index is 631. The smallest absolute Gasteiger partial charge is 0.239 e. The Kier molecular flexibility index (Phi) is 3.45. The van der Waals surface area contributed by atoms with Crippen molar-refractivity contribution in [3.63, 3.8) is 0 Å². The molecule has 0 saturated heterocycles. The number of ketones is 1. The van der Waals surface area contributed by atoms with Crippen molar-refractivity contribution in [3.8, 4) is 17.6 Å². The number of benzene rings is 2. The van der Waals surface area contributed by atoms with E-state index < -0.39 is 0 Å². The average molecular weight is 236 g/mol. The zero-order valence-electron chi connectivity index (χ0n) is 9.97. The highest BCUT2D eigenvalue weighted by atomic mass is 16.3. The number of para-hydroxylation sites is 1. The van der Waals surface area contributed by atoms with Crippen LogP contribution in [-0.2, 0) is 0 Å². The third-order valence-corrected chi connectivity index (χ3v) is 2.58. The second-order valence-electron chi connectivity index (χ2n) is 3.92. The minimum absolute atomic E-state index is 0.00450. The molecule has 0 amide bonds. The van der Waals surface area contributed by atoms with Crippen LogP contribution in [0.1, 0.15) is 21.5 Å². The van der Waals surface area contributed by atoms with E-state index in [4.69, 9.17) is 0 Å². The largest absolute Gasteiger partial charge is 0.507 e. The van der Waals surface area contributed by atoms with E-state index in [1.54, 1.807) is 25.1 Å². The number of hydrogen-bond acceptors (Lipinski definition) is 2. The molecule has 0 radical (unpaired) electrons. The average Bonchev–Trinajstić information content (AvgIpc) is 2.40. The van der Waals surface area contributed by atoms with Crippen molar-refractivity contribution in [1.82, 2.24) is 0 Å². The molecule has 2 heteroatoms. The summed E-state index contributed by atoms with van der Waals surface area (Å²) in [6.07, 6.45) is 0. The summed E-state index contributed by atoms with van der Waals surface area (Å²) in [5.41, 5.74) is 1.69. The van der Waals surface area contributed by atoms with Gasteiger partial charge in [-0.25, -0.2) is 0 Å². The van der Waals surface area contributed by atoms with Crippen LogP contribution in [0.15, 0.2) is 48.5 Å². The van der Waals surface area contributed by atoms with Crippen LogP contribution in [0.4, 0.5) is 0 Å². The highest BCUT2D eigenvalue weighted by molar-refractivity contribution is 6.11. The summed E-state index contributed by atoms with van der Waals surface area (Å²) >= 11 is 0. The summed E-state index contributed by atoms with van der Waals surface area (Å²) in [6, 6.07) is 14.3. The molecule has 2 rings (SSSR count). The van der Waals surface area contributed by atoms with Gasteiger partial charge in [-0.15, -0.1) is 0 Å². The fourth-order valence-electron chi connectivity index (χ4n) is 1.56. The SMILES string of the molecule is Cc1cccc(C(=O)C#Cc2ccccc2)c1O. The van der Waals surface area contributed by atoms with Gasteiger partial charge >= 0.3 is 0 Å². The maximum atomic E-state index is 11.9. The van der Waals surface area contributed by atoms with Gasteiger partial charge in [-0.2, -0.15) is 0 Å². The standard InChI is InChI=1S/C16H12O2/c1-12-6-5-9-14(16(12)18)15(17)11-10-13-7-3-2-4-8-13/h2-9,18H,1H3. The van der Waals surface area contributed by atoms with Crippen molar-refractivity contribution in [1.29, 1.82) is 0 Å². The van der Waals surface area contributed by atoms with Crippen LogP contribution in [0.5, 0.6) is 5.75 Å². The minimum Gasteiger partial charge on any atom is -0.507 e. The molecule has 2 aromatic rings. The van der Waals surface area contributed by atoms with Gasteiger partial charge in [-0.05, 0) is 36.6 Å². The lowest BCUT2D eigenvalue weighted by Crippen LogP contribution is -1.96. The van der Waals surface area contributed by atoms with Gasteiger partial charge in [0.2, 0.25) is 5.78 Å². The topological polar surface area (TPSA) is 37.3 Å². The summed E-state index contributed by atoms with van der Waals surface area (Å²) in [5, 5.41) is 9.78. The maximum absolute atomic E-state index is 11.9. The lowest BCUT2D eigenvalue weighted by molar-refractivity contribution is 0.105. The Morgan fingerprint density at radius 1 is 1.06 bits per heavy atom. The summed E-state index contributed by atoms with van der Waals surface area (Å²) in [6.45, 7) is 1.75. The monoisotopic (exact) mass is 236 g/mol. The van der Waals surface area contributed by atoms with Gasteiger partial charge < -0.3 is 5.11 Å². The van der Waals surface area contributed by atoms with Crippen LogP contribution in [0.25, 0.3) is 0 Å². The molecule has 0 heterocycles. The molecule has 0 atom stereocenters. The number of rotatable bonds is 1. The molecule has 0 spiro atoms. The van der Waals surface area contributed by atoms with Gasteiger partial charge in [0.25, 0.3) is 0 Å². The first kappa shape index (κ1) is 11.9. The molecule has 0 unspecified atom stereocenters. The third kappa shape index (κ3) is 2.58. The first-order chi connectivity index (χ1) is 8.68. The molecule has 2 nitrogen and oxygen atoms in total. The fourth-order valence-corrected chi connectivity index (χ4v) is 1.56. The lowest BCUT2D eigenvalue weighted by Gasteiger charge is -2.01. The molecule has 0 aliphatic heterocycles. The summed E-state index contributed by atoms with van der Waals surface area (Å²) in [5.74, 6) is 4.94. The first-order valence-corrected chi connectivity index (χ1v) is 5.58. The zero-order chi connectivity index (χ0) is 13.0. The summed E-state index contributed by atoms with van der Waals surface area (Å²) < 4.78 is 0. The van der Waals surface area contributed by atoms with E-state index >= 15 is 0 Å². The Morgan fingerprint density at radius 2 is 1.78 bits per heavy atom. The molecule has 18 heavy (non-hydrogen) atoms. The molecular weight excluding hydrogens is 224 g/mol. The molecule has 0 aromatic heterocycles. The van der Waals surface area contributed by atoms with Crippen molar-refractivity contribution in [2.45, 2.75) is 6.92 Å². The number of hydrogen-bond donors (Lipinski definition) is 1. The van der Waals surface area contributed by atoms with E-state index in [9.17, 15) is 9.90 Å². The van der Waals surface area contributed by atoms with Gasteiger partial charge in [0, 0.05) is 5.56 Å².